The summed E-state index contributed by atoms with van der Waals surface area (Å²) in [4.78, 5) is 94.0. The van der Waals surface area contributed by atoms with Crippen molar-refractivity contribution in [2.75, 3.05) is 26.3 Å². The quantitative estimate of drug-likeness (QED) is 0.0950. The molecule has 2 aliphatic heterocycles. The van der Waals surface area contributed by atoms with E-state index in [0.717, 1.165) is 0 Å². The van der Waals surface area contributed by atoms with Crippen LogP contribution in [0.4, 0.5) is 4.79 Å². The Morgan fingerprint density at radius 2 is 1.62 bits per heavy atom. The topological polar surface area (TPSA) is 393 Å². The number of guanidine groups is 1. The van der Waals surface area contributed by atoms with Gasteiger partial charge in [-0.3, -0.25) is 28.8 Å². The van der Waals surface area contributed by atoms with E-state index in [4.69, 9.17) is 22.9 Å². The summed E-state index contributed by atoms with van der Waals surface area (Å²) in [6.07, 6.45) is -0.365. The van der Waals surface area contributed by atoms with Gasteiger partial charge in [-0.25, -0.2) is 9.79 Å². The monoisotopic (exact) mass is 685 g/mol. The number of nitrogens with two attached hydrogens (primary N) is 4. The normalized spacial score (nSPS) is 27.6. The molecule has 0 radical (unpaired) electrons. The highest BCUT2D eigenvalue weighted by atomic mass is 16.3. The third kappa shape index (κ3) is 12.3. The standard InChI is InChI=1S/C25H43N13O10/c26-3-1-2-10(27)4-16(41)32-13-6-30-19(43)12(7-31-25(29)48)33-21(45)14(8-39)34-22(46)15(9-40)35-23(47)18(38-20(13)44)11-5-17(42)37-24(28)36-11/h7,10-11,13-15,17-18,39-40,42H,1-6,8-9,26-27H2,(H,30,43)(H,32,41)(H,33,45)(H,34,46)(H,35,47)(H,38,44)(H3,28,36,37)(H3,29,31,48)/b12-7-/t10-,11+,13+,14-,15-,17+,18+/m0/s1. The van der Waals surface area contributed by atoms with E-state index < -0.39 is 109 Å². The van der Waals surface area contributed by atoms with Crippen LogP contribution in [0.1, 0.15) is 25.7 Å². The average molecular weight is 686 g/mol. The molecule has 2 heterocycles. The van der Waals surface area contributed by atoms with Crippen LogP contribution >= 0.6 is 0 Å². The zero-order valence-corrected chi connectivity index (χ0v) is 25.7. The van der Waals surface area contributed by atoms with Crippen molar-refractivity contribution < 1.29 is 48.9 Å². The molecule has 0 aromatic carbocycles. The Morgan fingerprint density at radius 3 is 2.23 bits per heavy atom. The van der Waals surface area contributed by atoms with Crippen molar-refractivity contribution in [3.8, 4) is 0 Å². The average Bonchev–Trinajstić information content (AvgIpc) is 3.02. The third-order valence-corrected chi connectivity index (χ3v) is 6.91. The first-order chi connectivity index (χ1) is 22.7. The number of aliphatic hydroxyl groups excluding tert-OH is 3. The Hall–Kier alpha value is -5.10. The van der Waals surface area contributed by atoms with Crippen molar-refractivity contribution in [2.24, 2.45) is 27.9 Å². The molecular weight excluding hydrogens is 642 g/mol. The van der Waals surface area contributed by atoms with Gasteiger partial charge < -0.3 is 80.8 Å². The molecule has 48 heavy (non-hydrogen) atoms. The smallest absolute Gasteiger partial charge is 0.316 e. The number of rotatable bonds is 10. The van der Waals surface area contributed by atoms with Crippen LogP contribution in [0.3, 0.4) is 0 Å². The third-order valence-electron chi connectivity index (χ3n) is 6.91. The van der Waals surface area contributed by atoms with Crippen LogP contribution < -0.4 is 65.5 Å². The minimum absolute atomic E-state index is 0.259. The summed E-state index contributed by atoms with van der Waals surface area (Å²) < 4.78 is 0. The van der Waals surface area contributed by atoms with Gasteiger partial charge in [0.25, 0.3) is 5.91 Å². The van der Waals surface area contributed by atoms with E-state index in [2.05, 4.69) is 42.2 Å². The van der Waals surface area contributed by atoms with Crippen LogP contribution in [-0.2, 0) is 28.8 Å². The van der Waals surface area contributed by atoms with Gasteiger partial charge in [-0.15, -0.1) is 0 Å². The fourth-order valence-corrected chi connectivity index (χ4v) is 4.46. The molecule has 0 bridgehead atoms. The number of nitrogens with zero attached hydrogens (tertiary/aromatic N) is 1. The van der Waals surface area contributed by atoms with Crippen LogP contribution in [0.15, 0.2) is 16.9 Å². The number of aliphatic imine (C=N–C) groups is 1. The zero-order valence-electron chi connectivity index (χ0n) is 25.7. The molecule has 0 saturated carbocycles. The van der Waals surface area contributed by atoms with Gasteiger partial charge in [0, 0.05) is 31.6 Å². The number of urea groups is 1. The van der Waals surface area contributed by atoms with Crippen molar-refractivity contribution in [3.63, 3.8) is 0 Å². The largest absolute Gasteiger partial charge is 0.394 e. The van der Waals surface area contributed by atoms with E-state index in [-0.39, 0.29) is 18.8 Å². The van der Waals surface area contributed by atoms with E-state index >= 15 is 0 Å². The van der Waals surface area contributed by atoms with Crippen LogP contribution in [0.25, 0.3) is 0 Å². The molecule has 2 aliphatic rings. The Balaban J connectivity index is 2.55. The van der Waals surface area contributed by atoms with Crippen LogP contribution in [0.2, 0.25) is 0 Å². The number of amides is 8. The lowest BCUT2D eigenvalue weighted by Gasteiger charge is -2.34. The summed E-state index contributed by atoms with van der Waals surface area (Å²) in [6, 6.07) is -9.73. The van der Waals surface area contributed by atoms with E-state index in [1.807, 2.05) is 5.32 Å². The molecular formula is C25H43N13O10. The number of carbonyl (C=O) groups is 7. The summed E-state index contributed by atoms with van der Waals surface area (Å²) in [5.41, 5.74) is 21.6. The lowest BCUT2D eigenvalue weighted by Crippen LogP contribution is -2.66. The van der Waals surface area contributed by atoms with Gasteiger partial charge in [0.1, 0.15) is 29.9 Å². The van der Waals surface area contributed by atoms with Gasteiger partial charge in [-0.2, -0.15) is 0 Å². The highest BCUT2D eigenvalue weighted by Crippen LogP contribution is 2.11. The molecule has 2 rings (SSSR count). The second kappa shape index (κ2) is 18.9. The minimum Gasteiger partial charge on any atom is -0.394 e. The second-order valence-electron chi connectivity index (χ2n) is 10.7. The Labute approximate surface area is 273 Å². The molecule has 0 aromatic rings. The molecule has 0 aromatic heterocycles. The summed E-state index contributed by atoms with van der Waals surface area (Å²) in [7, 11) is 0. The lowest BCUT2D eigenvalue weighted by molar-refractivity contribution is -0.136. The highest BCUT2D eigenvalue weighted by Gasteiger charge is 2.38. The minimum atomic E-state index is -1.76. The summed E-state index contributed by atoms with van der Waals surface area (Å²) in [5.74, 6) is -6.66. The zero-order chi connectivity index (χ0) is 36.0. The molecule has 0 unspecified atom stereocenters. The first-order valence-corrected chi connectivity index (χ1v) is 14.7. The Kier molecular flexibility index (Phi) is 15.4. The van der Waals surface area contributed by atoms with Gasteiger partial charge in [0.15, 0.2) is 12.2 Å². The van der Waals surface area contributed by atoms with Crippen molar-refractivity contribution in [1.82, 2.24) is 42.5 Å². The number of primary amides is 1. The van der Waals surface area contributed by atoms with Gasteiger partial charge in [0.2, 0.25) is 29.5 Å². The van der Waals surface area contributed by atoms with Crippen LogP contribution in [0.5, 0.6) is 0 Å². The second-order valence-corrected chi connectivity index (χ2v) is 10.7. The van der Waals surface area contributed by atoms with Gasteiger partial charge in [-0.1, -0.05) is 0 Å². The fourth-order valence-electron chi connectivity index (χ4n) is 4.46. The first kappa shape index (κ1) is 39.1. The lowest BCUT2D eigenvalue weighted by atomic mass is 10.0. The maximum absolute atomic E-state index is 13.6. The molecule has 1 saturated heterocycles. The summed E-state index contributed by atoms with van der Waals surface area (Å²) in [5, 5.41) is 47.9. The van der Waals surface area contributed by atoms with Crippen LogP contribution in [0, 0.1) is 0 Å². The molecule has 0 spiro atoms. The fraction of sp³-hybridized carbons (Fsp3) is 0.600. The Morgan fingerprint density at radius 1 is 0.979 bits per heavy atom. The predicted octanol–water partition coefficient (Wildman–Crippen LogP) is -8.88. The van der Waals surface area contributed by atoms with Gasteiger partial charge in [-0.05, 0) is 19.4 Å². The number of carbonyl (C=O) groups excluding carboxylic acids is 7. The number of nitrogens with one attached hydrogen (secondary N) is 8. The molecule has 19 N–H and O–H groups in total. The van der Waals surface area contributed by atoms with Gasteiger partial charge >= 0.3 is 6.03 Å². The van der Waals surface area contributed by atoms with E-state index in [9.17, 15) is 48.9 Å². The number of hydrogen-bond acceptors (Lipinski definition) is 15. The maximum atomic E-state index is 13.6. The molecule has 23 heteroatoms. The van der Waals surface area contributed by atoms with Crippen molar-refractivity contribution in [2.45, 2.75) is 68.2 Å². The summed E-state index contributed by atoms with van der Waals surface area (Å²) >= 11 is 0. The van der Waals surface area contributed by atoms with E-state index in [0.29, 0.717) is 25.6 Å². The van der Waals surface area contributed by atoms with E-state index in [1.54, 1.807) is 0 Å². The Bertz CT molecular complexity index is 1280. The highest BCUT2D eigenvalue weighted by molar-refractivity contribution is 6.01. The van der Waals surface area contributed by atoms with Gasteiger partial charge in [0.05, 0.1) is 19.3 Å². The van der Waals surface area contributed by atoms with Crippen molar-refractivity contribution in [3.05, 3.63) is 11.9 Å². The SMILES string of the molecule is NCCC[C@H](N)CC(=O)N[C@@H]1CNC(=O)/C(=C/NC(N)=O)NC(=O)[C@H](CO)NC(=O)[C@H](CO)NC(=O)[C@@H]([C@H]2C[C@@H](O)N=C(N)N2)NC1=O. The van der Waals surface area contributed by atoms with Crippen molar-refractivity contribution >= 4 is 47.4 Å². The number of aliphatic hydroxyl groups is 3. The summed E-state index contributed by atoms with van der Waals surface area (Å²) in [6.45, 7) is -2.40. The predicted molar refractivity (Wildman–Crippen MR) is 164 cm³/mol. The number of hydrogen-bond donors (Lipinski definition) is 15. The van der Waals surface area contributed by atoms with Crippen molar-refractivity contribution in [1.29, 1.82) is 0 Å². The molecule has 0 aliphatic carbocycles. The molecule has 23 nitrogen and oxygen atoms in total. The maximum Gasteiger partial charge on any atom is 0.316 e. The first-order valence-electron chi connectivity index (χ1n) is 14.7. The molecule has 1 fully saturated rings. The molecule has 7 atom stereocenters. The van der Waals surface area contributed by atoms with Crippen LogP contribution in [-0.4, -0.2) is 132 Å². The molecule has 8 amide bonds. The molecule has 268 valence electrons. The van der Waals surface area contributed by atoms with E-state index in [1.165, 1.54) is 0 Å².